The number of rotatable bonds is 4. The van der Waals surface area contributed by atoms with Crippen LogP contribution in [0.2, 0.25) is 0 Å². The fourth-order valence-electron chi connectivity index (χ4n) is 1.38. The number of aryl methyl sites for hydroxylation is 1. The molecule has 2 aromatic rings. The lowest BCUT2D eigenvalue weighted by molar-refractivity contribution is 0.410. The molecule has 0 spiro atoms. The van der Waals surface area contributed by atoms with Crippen LogP contribution in [0, 0.1) is 18.3 Å². The van der Waals surface area contributed by atoms with Crippen LogP contribution in [0.5, 0.6) is 0 Å². The van der Waals surface area contributed by atoms with E-state index in [9.17, 15) is 0 Å². The fraction of sp³-hybridized carbons (Fsp3) is 0.273. The van der Waals surface area contributed by atoms with Gasteiger partial charge in [-0.1, -0.05) is 5.16 Å². The first-order valence-corrected chi connectivity index (χ1v) is 5.16. The zero-order chi connectivity index (χ0) is 12.1. The molecular weight excluding hydrogens is 218 g/mol. The molecule has 0 aliphatic rings. The predicted molar refractivity (Wildman–Crippen MR) is 60.2 cm³/mol. The molecule has 17 heavy (non-hydrogen) atoms. The largest absolute Gasteiger partial charge is 0.369 e. The molecule has 2 rings (SSSR count). The number of aromatic nitrogens is 3. The molecule has 0 fully saturated rings. The maximum absolute atomic E-state index is 8.92. The lowest BCUT2D eigenvalue weighted by atomic mass is 10.2. The summed E-state index contributed by atoms with van der Waals surface area (Å²) in [6, 6.07) is 5.65. The molecule has 0 saturated carbocycles. The van der Waals surface area contributed by atoms with E-state index in [1.807, 2.05) is 13.0 Å². The maximum atomic E-state index is 8.92. The van der Waals surface area contributed by atoms with Crippen LogP contribution in [-0.4, -0.2) is 21.7 Å². The molecule has 1 N–H and O–H groups in total. The van der Waals surface area contributed by atoms with Crippen molar-refractivity contribution in [3.8, 4) is 6.07 Å². The Balaban J connectivity index is 1.99. The monoisotopic (exact) mass is 229 g/mol. The first-order valence-electron chi connectivity index (χ1n) is 5.16. The van der Waals surface area contributed by atoms with Gasteiger partial charge in [0.05, 0.1) is 5.56 Å². The number of anilines is 1. The normalized spacial score (nSPS) is 9.88. The Hall–Kier alpha value is -2.42. The molecule has 6 nitrogen and oxygen atoms in total. The van der Waals surface area contributed by atoms with Gasteiger partial charge in [0.25, 0.3) is 0 Å². The highest BCUT2D eigenvalue weighted by Crippen LogP contribution is 2.11. The van der Waals surface area contributed by atoms with Gasteiger partial charge < -0.3 is 9.84 Å². The van der Waals surface area contributed by atoms with Crippen molar-refractivity contribution in [3.05, 3.63) is 35.6 Å². The first-order chi connectivity index (χ1) is 8.29. The van der Waals surface area contributed by atoms with Crippen molar-refractivity contribution in [1.82, 2.24) is 15.1 Å². The molecule has 2 aromatic heterocycles. The highest BCUT2D eigenvalue weighted by molar-refractivity contribution is 5.52. The van der Waals surface area contributed by atoms with E-state index in [0.717, 1.165) is 5.69 Å². The summed E-state index contributed by atoms with van der Waals surface area (Å²) >= 11 is 0. The van der Waals surface area contributed by atoms with Crippen LogP contribution < -0.4 is 5.32 Å². The van der Waals surface area contributed by atoms with Crippen LogP contribution in [0.15, 0.2) is 23.0 Å². The van der Waals surface area contributed by atoms with Crippen molar-refractivity contribution in [1.29, 1.82) is 5.26 Å². The van der Waals surface area contributed by atoms with Gasteiger partial charge in [0.1, 0.15) is 11.9 Å². The summed E-state index contributed by atoms with van der Waals surface area (Å²) in [6.45, 7) is 2.48. The lowest BCUT2D eigenvalue weighted by Gasteiger charge is -2.06. The quantitative estimate of drug-likeness (QED) is 0.850. The Bertz CT molecular complexity index is 529. The minimum absolute atomic E-state index is 0.531. The maximum Gasteiger partial charge on any atom is 0.213 e. The van der Waals surface area contributed by atoms with Gasteiger partial charge in [-0.05, 0) is 19.1 Å². The topological polar surface area (TPSA) is 87.6 Å². The first kappa shape index (κ1) is 11.1. The summed E-state index contributed by atoms with van der Waals surface area (Å²) in [5, 5.41) is 15.7. The molecule has 0 bridgehead atoms. The minimum Gasteiger partial charge on any atom is -0.369 e. The van der Waals surface area contributed by atoms with Crippen LogP contribution in [0.3, 0.4) is 0 Å². The number of nitriles is 1. The summed E-state index contributed by atoms with van der Waals surface area (Å²) < 4.78 is 4.62. The van der Waals surface area contributed by atoms with Gasteiger partial charge in [0.15, 0.2) is 5.82 Å². The van der Waals surface area contributed by atoms with E-state index < -0.39 is 0 Å². The van der Waals surface area contributed by atoms with Crippen molar-refractivity contribution in [2.45, 2.75) is 13.3 Å². The third kappa shape index (κ3) is 2.78. The molecule has 6 heteroatoms. The molecule has 0 radical (unpaired) electrons. The van der Waals surface area contributed by atoms with Gasteiger partial charge in [0, 0.05) is 18.7 Å². The van der Waals surface area contributed by atoms with Crippen molar-refractivity contribution in [3.63, 3.8) is 0 Å². The highest BCUT2D eigenvalue weighted by Gasteiger charge is 2.04. The Morgan fingerprint density at radius 3 is 3.06 bits per heavy atom. The molecular formula is C11H11N5O. The van der Waals surface area contributed by atoms with Crippen LogP contribution in [0.25, 0.3) is 0 Å². The number of pyridine rings is 1. The average Bonchev–Trinajstić information content (AvgIpc) is 2.82. The smallest absolute Gasteiger partial charge is 0.213 e. The van der Waals surface area contributed by atoms with Crippen molar-refractivity contribution >= 4 is 5.82 Å². The number of hydrogen-bond acceptors (Lipinski definition) is 6. The Labute approximate surface area is 98.3 Å². The van der Waals surface area contributed by atoms with Crippen molar-refractivity contribution in [2.24, 2.45) is 0 Å². The minimum atomic E-state index is 0.531. The molecule has 0 aliphatic heterocycles. The third-order valence-electron chi connectivity index (χ3n) is 2.20. The van der Waals surface area contributed by atoms with Crippen molar-refractivity contribution < 1.29 is 4.52 Å². The van der Waals surface area contributed by atoms with E-state index >= 15 is 0 Å². The van der Waals surface area contributed by atoms with Crippen LogP contribution in [0.4, 0.5) is 5.82 Å². The molecule has 0 amide bonds. The van der Waals surface area contributed by atoms with E-state index in [2.05, 4.69) is 31.0 Å². The standard InChI is InChI=1S/C11H11N5O/c1-8-2-3-9(6-12)11(15-8)13-5-4-10-14-7-17-16-10/h2-3,7H,4-5H2,1H3,(H,13,15). The summed E-state index contributed by atoms with van der Waals surface area (Å²) in [5.41, 5.74) is 1.40. The Kier molecular flexibility index (Phi) is 3.31. The fourth-order valence-corrected chi connectivity index (χ4v) is 1.38. The van der Waals surface area contributed by atoms with Gasteiger partial charge in [-0.3, -0.25) is 0 Å². The van der Waals surface area contributed by atoms with Gasteiger partial charge in [0.2, 0.25) is 6.39 Å². The predicted octanol–water partition coefficient (Wildman–Crippen LogP) is 1.30. The molecule has 0 aromatic carbocycles. The summed E-state index contributed by atoms with van der Waals surface area (Å²) in [4.78, 5) is 8.17. The average molecular weight is 229 g/mol. The van der Waals surface area contributed by atoms with Crippen LogP contribution in [-0.2, 0) is 6.42 Å². The van der Waals surface area contributed by atoms with Gasteiger partial charge in [-0.2, -0.15) is 10.2 Å². The molecule has 86 valence electrons. The Morgan fingerprint density at radius 2 is 2.35 bits per heavy atom. The second-order valence-corrected chi connectivity index (χ2v) is 3.48. The SMILES string of the molecule is Cc1ccc(C#N)c(NCCc2ncon2)n1. The molecule has 2 heterocycles. The number of nitrogens with zero attached hydrogens (tertiary/aromatic N) is 4. The van der Waals surface area contributed by atoms with Crippen molar-refractivity contribution in [2.75, 3.05) is 11.9 Å². The number of hydrogen-bond donors (Lipinski definition) is 1. The second kappa shape index (κ2) is 5.07. The van der Waals surface area contributed by atoms with E-state index in [1.165, 1.54) is 6.39 Å². The molecule has 0 unspecified atom stereocenters. The molecule has 0 aliphatic carbocycles. The zero-order valence-corrected chi connectivity index (χ0v) is 9.34. The summed E-state index contributed by atoms with van der Waals surface area (Å²) in [7, 11) is 0. The van der Waals surface area contributed by atoms with Crippen LogP contribution in [0.1, 0.15) is 17.1 Å². The van der Waals surface area contributed by atoms with Gasteiger partial charge >= 0.3 is 0 Å². The third-order valence-corrected chi connectivity index (χ3v) is 2.20. The molecule has 0 atom stereocenters. The zero-order valence-electron chi connectivity index (χ0n) is 9.34. The van der Waals surface area contributed by atoms with Gasteiger partial charge in [-0.15, -0.1) is 0 Å². The van der Waals surface area contributed by atoms with Crippen LogP contribution >= 0.6 is 0 Å². The van der Waals surface area contributed by atoms with E-state index in [4.69, 9.17) is 5.26 Å². The molecule has 0 saturated heterocycles. The lowest BCUT2D eigenvalue weighted by Crippen LogP contribution is -2.09. The Morgan fingerprint density at radius 1 is 1.47 bits per heavy atom. The summed E-state index contributed by atoms with van der Waals surface area (Å²) in [6.07, 6.45) is 1.91. The second-order valence-electron chi connectivity index (χ2n) is 3.48. The summed E-state index contributed by atoms with van der Waals surface area (Å²) in [5.74, 6) is 1.22. The van der Waals surface area contributed by atoms with E-state index in [0.29, 0.717) is 30.2 Å². The highest BCUT2D eigenvalue weighted by atomic mass is 16.5. The van der Waals surface area contributed by atoms with E-state index in [1.54, 1.807) is 6.07 Å². The number of nitrogens with one attached hydrogen (secondary N) is 1. The van der Waals surface area contributed by atoms with E-state index in [-0.39, 0.29) is 0 Å². The van der Waals surface area contributed by atoms with Gasteiger partial charge in [-0.25, -0.2) is 4.98 Å².